The summed E-state index contributed by atoms with van der Waals surface area (Å²) in [5.74, 6) is 1.68. The SMILES string of the molecule is Cc1c2on(c1=O)C(/C=C\C(=N)N1CCOCC1)=[N+]2C(C)C. The van der Waals surface area contributed by atoms with Crippen LogP contribution in [0.15, 0.2) is 21.5 Å². The highest BCUT2D eigenvalue weighted by Gasteiger charge is 2.38. The Morgan fingerprint density at radius 2 is 2.05 bits per heavy atom. The molecular formula is C15H21N4O3+. The van der Waals surface area contributed by atoms with Crippen LogP contribution in [0.3, 0.4) is 0 Å². The fourth-order valence-corrected chi connectivity index (χ4v) is 2.73. The fourth-order valence-electron chi connectivity index (χ4n) is 2.73. The molecule has 0 radical (unpaired) electrons. The molecule has 2 aliphatic heterocycles. The minimum atomic E-state index is -0.135. The Labute approximate surface area is 128 Å². The van der Waals surface area contributed by atoms with Crippen LogP contribution in [-0.4, -0.2) is 58.2 Å². The Hall–Kier alpha value is -2.15. The van der Waals surface area contributed by atoms with Crippen LogP contribution < -0.4 is 5.56 Å². The molecule has 1 fully saturated rings. The van der Waals surface area contributed by atoms with Crippen molar-refractivity contribution in [2.24, 2.45) is 0 Å². The molecule has 1 N–H and O–H groups in total. The second kappa shape index (κ2) is 5.57. The van der Waals surface area contributed by atoms with Crippen LogP contribution in [0.1, 0.15) is 19.4 Å². The molecule has 0 saturated carbocycles. The van der Waals surface area contributed by atoms with Crippen LogP contribution >= 0.6 is 0 Å². The Balaban J connectivity index is 1.87. The number of allylic oxidation sites excluding steroid dienone is 1. The first-order chi connectivity index (χ1) is 10.5. The minimum absolute atomic E-state index is 0.135. The third kappa shape index (κ3) is 2.31. The number of rotatable bonds is 3. The van der Waals surface area contributed by atoms with Crippen molar-refractivity contribution in [2.45, 2.75) is 26.8 Å². The van der Waals surface area contributed by atoms with E-state index in [4.69, 9.17) is 14.7 Å². The third-order valence-corrected chi connectivity index (χ3v) is 3.94. The van der Waals surface area contributed by atoms with Gasteiger partial charge < -0.3 is 9.64 Å². The Morgan fingerprint density at radius 1 is 1.36 bits per heavy atom. The summed E-state index contributed by atoms with van der Waals surface area (Å²) in [6.07, 6.45) is 3.48. The molecule has 3 heterocycles. The van der Waals surface area contributed by atoms with Crippen molar-refractivity contribution in [3.63, 3.8) is 0 Å². The summed E-state index contributed by atoms with van der Waals surface area (Å²) in [7, 11) is 0. The first-order valence-corrected chi connectivity index (χ1v) is 7.49. The zero-order chi connectivity index (χ0) is 15.9. The molecule has 7 heteroatoms. The van der Waals surface area contributed by atoms with Crippen LogP contribution in [0, 0.1) is 12.3 Å². The summed E-state index contributed by atoms with van der Waals surface area (Å²) in [6, 6.07) is 0.167. The van der Waals surface area contributed by atoms with Crippen LogP contribution in [-0.2, 0) is 4.74 Å². The maximum absolute atomic E-state index is 12.1. The van der Waals surface area contributed by atoms with Crippen LogP contribution in [0.5, 0.6) is 0 Å². The van der Waals surface area contributed by atoms with Gasteiger partial charge in [-0.3, -0.25) is 5.41 Å². The minimum Gasteiger partial charge on any atom is -0.378 e. The van der Waals surface area contributed by atoms with Crippen molar-refractivity contribution in [3.8, 4) is 0 Å². The normalized spacial score (nSPS) is 18.1. The first-order valence-electron chi connectivity index (χ1n) is 7.49. The molecule has 0 amide bonds. The van der Waals surface area contributed by atoms with Gasteiger partial charge in [0, 0.05) is 23.9 Å². The monoisotopic (exact) mass is 305 g/mol. The molecule has 0 aromatic carbocycles. The fraction of sp³-hybridized carbons (Fsp3) is 0.533. The van der Waals surface area contributed by atoms with E-state index >= 15 is 0 Å². The van der Waals surface area contributed by atoms with Gasteiger partial charge in [-0.15, -0.1) is 0 Å². The molecule has 7 nitrogen and oxygen atoms in total. The lowest BCUT2D eigenvalue weighted by molar-refractivity contribution is -0.483. The van der Waals surface area contributed by atoms with Gasteiger partial charge in [0.2, 0.25) is 0 Å². The summed E-state index contributed by atoms with van der Waals surface area (Å²) in [6.45, 7) is 8.57. The largest absolute Gasteiger partial charge is 0.385 e. The Kier molecular flexibility index (Phi) is 3.74. The lowest BCUT2D eigenvalue weighted by Crippen LogP contribution is -2.40. The van der Waals surface area contributed by atoms with E-state index in [9.17, 15) is 4.79 Å². The molecule has 1 saturated heterocycles. The van der Waals surface area contributed by atoms with Crippen molar-refractivity contribution in [1.82, 2.24) is 9.64 Å². The van der Waals surface area contributed by atoms with Gasteiger partial charge in [0.25, 0.3) is 0 Å². The predicted octanol–water partition coefficient (Wildman–Crippen LogP) is 0.928. The number of hydrogen-bond donors (Lipinski definition) is 1. The van der Waals surface area contributed by atoms with E-state index < -0.39 is 0 Å². The van der Waals surface area contributed by atoms with Crippen LogP contribution in [0.2, 0.25) is 0 Å². The molecule has 2 bridgehead atoms. The van der Waals surface area contributed by atoms with Crippen molar-refractivity contribution in [2.75, 3.05) is 26.3 Å². The summed E-state index contributed by atoms with van der Waals surface area (Å²) >= 11 is 0. The Morgan fingerprint density at radius 3 is 2.68 bits per heavy atom. The number of ether oxygens (including phenoxy) is 1. The van der Waals surface area contributed by atoms with Crippen LogP contribution in [0.4, 0.5) is 5.88 Å². The number of nitrogens with zero attached hydrogens (tertiary/aromatic N) is 3. The predicted molar refractivity (Wildman–Crippen MR) is 82.4 cm³/mol. The van der Waals surface area contributed by atoms with Gasteiger partial charge in [0.05, 0.1) is 19.3 Å². The van der Waals surface area contributed by atoms with Gasteiger partial charge in [0.1, 0.15) is 11.4 Å². The lowest BCUT2D eigenvalue weighted by Gasteiger charge is -2.27. The van der Waals surface area contributed by atoms with Crippen LogP contribution in [0.25, 0.3) is 0 Å². The zero-order valence-electron chi connectivity index (χ0n) is 13.1. The van der Waals surface area contributed by atoms with E-state index in [2.05, 4.69) is 0 Å². The first kappa shape index (κ1) is 14.8. The lowest BCUT2D eigenvalue weighted by atomic mass is 10.2. The topological polar surface area (TPSA) is 74.5 Å². The third-order valence-electron chi connectivity index (χ3n) is 3.94. The molecule has 0 spiro atoms. The highest BCUT2D eigenvalue weighted by atomic mass is 16.5. The zero-order valence-corrected chi connectivity index (χ0v) is 13.1. The van der Waals surface area contributed by atoms with Crippen molar-refractivity contribution in [1.29, 1.82) is 5.41 Å². The molecule has 2 aliphatic rings. The van der Waals surface area contributed by atoms with E-state index in [1.165, 1.54) is 4.74 Å². The number of fused-ring (bicyclic) bond motifs is 2. The summed E-state index contributed by atoms with van der Waals surface area (Å²) in [5, 5.41) is 8.14. The summed E-state index contributed by atoms with van der Waals surface area (Å²) in [5.41, 5.74) is 0.485. The quantitative estimate of drug-likeness (QED) is 0.512. The van der Waals surface area contributed by atoms with E-state index in [-0.39, 0.29) is 11.6 Å². The molecule has 118 valence electrons. The second-order valence-electron chi connectivity index (χ2n) is 5.76. The summed E-state index contributed by atoms with van der Waals surface area (Å²) < 4.78 is 14.1. The average Bonchev–Trinajstić information content (AvgIpc) is 3.03. The molecule has 0 aliphatic carbocycles. The maximum atomic E-state index is 12.1. The number of amidine groups is 1. The van der Waals surface area contributed by atoms with Gasteiger partial charge in [-0.05, 0) is 26.8 Å². The smallest absolute Gasteiger partial charge is 0.378 e. The van der Waals surface area contributed by atoms with Crippen molar-refractivity contribution < 1.29 is 13.8 Å². The van der Waals surface area contributed by atoms with Crippen molar-refractivity contribution >= 4 is 17.6 Å². The average molecular weight is 305 g/mol. The number of aromatic nitrogens is 1. The van der Waals surface area contributed by atoms with Gasteiger partial charge >= 0.3 is 17.3 Å². The van der Waals surface area contributed by atoms with E-state index in [0.717, 1.165) is 13.1 Å². The van der Waals surface area contributed by atoms with Gasteiger partial charge in [0.15, 0.2) is 0 Å². The van der Waals surface area contributed by atoms with Crippen molar-refractivity contribution in [3.05, 3.63) is 28.1 Å². The molecule has 0 atom stereocenters. The van der Waals surface area contributed by atoms with E-state index in [1.54, 1.807) is 19.1 Å². The molecule has 0 unspecified atom stereocenters. The highest BCUT2D eigenvalue weighted by molar-refractivity contribution is 5.99. The molecule has 22 heavy (non-hydrogen) atoms. The van der Waals surface area contributed by atoms with Gasteiger partial charge in [-0.25, -0.2) is 9.32 Å². The van der Waals surface area contributed by atoms with E-state index in [0.29, 0.717) is 36.3 Å². The molecule has 3 rings (SSSR count). The summed E-state index contributed by atoms with van der Waals surface area (Å²) in [4.78, 5) is 14.0. The number of morpholine rings is 1. The second-order valence-corrected chi connectivity index (χ2v) is 5.76. The highest BCUT2D eigenvalue weighted by Crippen LogP contribution is 2.24. The maximum Gasteiger partial charge on any atom is 0.385 e. The molecule has 1 aromatic heterocycles. The van der Waals surface area contributed by atoms with E-state index in [1.807, 2.05) is 23.3 Å². The van der Waals surface area contributed by atoms with Gasteiger partial charge in [-0.1, -0.05) is 0 Å². The Bertz CT molecular complexity index is 718. The number of nitrogens with one attached hydrogen (secondary N) is 1. The molecular weight excluding hydrogens is 284 g/mol. The molecule has 1 aromatic rings. The standard InChI is InChI=1S/C15H21N4O3/c1-10(2)18-13(19-14(20)11(3)15(18)22-19)5-4-12(16)17-6-8-21-9-7-17/h4-5,10,16H,6-9H2,1-3H3/q+1/b5-4-,16-12?. The number of hydrogen-bond acceptors (Lipinski definition) is 4. The van der Waals surface area contributed by atoms with Gasteiger partial charge in [-0.2, -0.15) is 4.58 Å².